The maximum Gasteiger partial charge on any atom is 0.383 e. The van der Waals surface area contributed by atoms with Gasteiger partial charge in [-0.1, -0.05) is 17.7 Å². The number of aryl methyl sites for hydroxylation is 1. The molecule has 0 heterocycles. The second-order valence-corrected chi connectivity index (χ2v) is 6.11. The van der Waals surface area contributed by atoms with Crippen LogP contribution in [0, 0.1) is 6.92 Å². The fourth-order valence-electron chi connectivity index (χ4n) is 1.41. The van der Waals surface area contributed by atoms with E-state index in [-0.39, 0.29) is 18.1 Å². The minimum absolute atomic E-state index is 0.0597. The second-order valence-electron chi connectivity index (χ2n) is 3.83. The van der Waals surface area contributed by atoms with E-state index in [0.29, 0.717) is 0 Å². The molecule has 0 aliphatic carbocycles. The molecule has 0 amide bonds. The van der Waals surface area contributed by atoms with E-state index < -0.39 is 24.3 Å². The summed E-state index contributed by atoms with van der Waals surface area (Å²) in [4.78, 5) is -0.0597. The lowest BCUT2D eigenvalue weighted by Crippen LogP contribution is -2.35. The van der Waals surface area contributed by atoms with Crippen LogP contribution in [0.5, 0.6) is 0 Å². The molecule has 0 saturated carbocycles. The molecule has 0 unspecified atom stereocenters. The van der Waals surface area contributed by atoms with Gasteiger partial charge in [-0.2, -0.15) is 12.6 Å². The van der Waals surface area contributed by atoms with Gasteiger partial charge in [-0.05, 0) is 32.9 Å². The summed E-state index contributed by atoms with van der Waals surface area (Å²) in [6, 6.07) is 6.06. The van der Waals surface area contributed by atoms with Gasteiger partial charge >= 0.3 is 15.8 Å². The van der Waals surface area contributed by atoms with Crippen LogP contribution < -0.4 is 0 Å². The van der Waals surface area contributed by atoms with Crippen LogP contribution in [0.25, 0.3) is 0 Å². The van der Waals surface area contributed by atoms with Gasteiger partial charge in [0.15, 0.2) is 0 Å². The highest BCUT2D eigenvalue weighted by atomic mass is 32.2. The normalized spacial score (nSPS) is 12.8. The average molecular weight is 320 g/mol. The first-order chi connectivity index (χ1) is 9.39. The van der Waals surface area contributed by atoms with Crippen LogP contribution in [0.2, 0.25) is 0 Å². The highest BCUT2D eigenvalue weighted by Gasteiger charge is 2.41. The largest absolute Gasteiger partial charge is 0.383 e. The molecule has 1 rings (SSSR count). The Morgan fingerprint density at radius 1 is 1.10 bits per heavy atom. The molecule has 0 atom stereocenters. The van der Waals surface area contributed by atoms with Crippen molar-refractivity contribution in [2.75, 3.05) is 13.2 Å². The lowest BCUT2D eigenvalue weighted by molar-refractivity contribution is -0.275. The van der Waals surface area contributed by atoms with Gasteiger partial charge in [-0.15, -0.1) is 0 Å². The first-order valence-corrected chi connectivity index (χ1v) is 8.26. The maximum absolute atomic E-state index is 12.1. The van der Waals surface area contributed by atoms with Crippen LogP contribution in [0.15, 0.2) is 29.2 Å². The van der Waals surface area contributed by atoms with Crippen LogP contribution in [-0.2, 0) is 28.3 Å². The number of benzene rings is 1. The van der Waals surface area contributed by atoms with E-state index in [9.17, 15) is 13.0 Å². The first-order valence-electron chi connectivity index (χ1n) is 6.04. The molecule has 0 aliphatic heterocycles. The van der Waals surface area contributed by atoms with Gasteiger partial charge in [0.05, 0.1) is 18.1 Å². The standard InChI is InChI=1S/C12H17O6PS/c1-4-16-12(19-13,17-5-2)18-20(14,15)11-8-6-10(3)7-9-11/h6-9H,4-5H2,1-3H3. The molecule has 0 saturated heterocycles. The Labute approximate surface area is 120 Å². The van der Waals surface area contributed by atoms with E-state index >= 15 is 0 Å². The van der Waals surface area contributed by atoms with Gasteiger partial charge in [0.2, 0.25) is 0 Å². The summed E-state index contributed by atoms with van der Waals surface area (Å²) in [5.41, 5.74) is -1.24. The Morgan fingerprint density at radius 3 is 2.00 bits per heavy atom. The van der Waals surface area contributed by atoms with Crippen LogP contribution in [0.1, 0.15) is 19.4 Å². The molecular formula is C12H17O6PS. The maximum atomic E-state index is 12.1. The molecule has 0 aliphatic rings. The van der Waals surface area contributed by atoms with Gasteiger partial charge in [0.25, 0.3) is 8.46 Å². The lowest BCUT2D eigenvalue weighted by atomic mass is 10.2. The molecular weight excluding hydrogens is 303 g/mol. The van der Waals surface area contributed by atoms with E-state index in [1.54, 1.807) is 26.0 Å². The van der Waals surface area contributed by atoms with Crippen molar-refractivity contribution < 1.29 is 26.6 Å². The highest BCUT2D eigenvalue weighted by Crippen LogP contribution is 2.32. The Kier molecular flexibility index (Phi) is 6.23. The molecule has 0 radical (unpaired) electrons. The quantitative estimate of drug-likeness (QED) is 0.416. The topological polar surface area (TPSA) is 78.9 Å². The van der Waals surface area contributed by atoms with Gasteiger partial charge in [-0.3, -0.25) is 4.57 Å². The molecule has 112 valence electrons. The van der Waals surface area contributed by atoms with Crippen molar-refractivity contribution in [1.82, 2.24) is 0 Å². The summed E-state index contributed by atoms with van der Waals surface area (Å²) >= 11 is 0. The molecule has 1 aromatic carbocycles. The van der Waals surface area contributed by atoms with E-state index in [1.807, 2.05) is 6.92 Å². The average Bonchev–Trinajstić information content (AvgIpc) is 2.39. The molecule has 0 fully saturated rings. The highest BCUT2D eigenvalue weighted by molar-refractivity contribution is 7.87. The second kappa shape index (κ2) is 7.24. The van der Waals surface area contributed by atoms with E-state index in [1.165, 1.54) is 12.1 Å². The van der Waals surface area contributed by atoms with E-state index in [2.05, 4.69) is 0 Å². The number of ether oxygens (including phenoxy) is 2. The minimum Gasteiger partial charge on any atom is -0.317 e. The molecule has 20 heavy (non-hydrogen) atoms. The lowest BCUT2D eigenvalue weighted by Gasteiger charge is -2.24. The van der Waals surface area contributed by atoms with Crippen molar-refractivity contribution >= 4 is 18.6 Å². The van der Waals surface area contributed by atoms with Crippen molar-refractivity contribution in [2.45, 2.75) is 31.4 Å². The zero-order valence-electron chi connectivity index (χ0n) is 11.5. The van der Waals surface area contributed by atoms with Crippen LogP contribution >= 0.6 is 8.46 Å². The molecule has 6 nitrogen and oxygen atoms in total. The third kappa shape index (κ3) is 4.33. The Bertz CT molecular complexity index is 534. The van der Waals surface area contributed by atoms with Gasteiger partial charge in [-0.25, -0.2) is 0 Å². The predicted octanol–water partition coefficient (Wildman–Crippen LogP) is 2.68. The first kappa shape index (κ1) is 17.2. The zero-order chi connectivity index (χ0) is 15.2. The summed E-state index contributed by atoms with van der Waals surface area (Å²) in [5, 5.41) is 0. The minimum atomic E-state index is -4.15. The smallest absolute Gasteiger partial charge is 0.317 e. The van der Waals surface area contributed by atoms with Crippen molar-refractivity contribution in [3.8, 4) is 0 Å². The fraction of sp³-hybridized carbons (Fsp3) is 0.500. The monoisotopic (exact) mass is 320 g/mol. The third-order valence-corrected chi connectivity index (χ3v) is 4.27. The predicted molar refractivity (Wildman–Crippen MR) is 73.0 cm³/mol. The number of hydrogen-bond acceptors (Lipinski definition) is 6. The Balaban J connectivity index is 3.07. The van der Waals surface area contributed by atoms with Gasteiger partial charge < -0.3 is 9.47 Å². The van der Waals surface area contributed by atoms with E-state index in [4.69, 9.17) is 13.7 Å². The molecule has 0 bridgehead atoms. The van der Waals surface area contributed by atoms with Crippen molar-refractivity contribution in [3.63, 3.8) is 0 Å². The molecule has 1 aromatic rings. The van der Waals surface area contributed by atoms with Crippen LogP contribution in [0.4, 0.5) is 0 Å². The fourth-order valence-corrected chi connectivity index (χ4v) is 3.13. The third-order valence-electron chi connectivity index (χ3n) is 2.29. The molecule has 0 aromatic heterocycles. The van der Waals surface area contributed by atoms with Gasteiger partial charge in [0, 0.05) is 0 Å². The summed E-state index contributed by atoms with van der Waals surface area (Å²) in [7, 11) is -4.87. The zero-order valence-corrected chi connectivity index (χ0v) is 13.2. The van der Waals surface area contributed by atoms with Crippen molar-refractivity contribution in [2.24, 2.45) is 0 Å². The summed E-state index contributed by atoms with van der Waals surface area (Å²) < 4.78 is 50.5. The van der Waals surface area contributed by atoms with Crippen molar-refractivity contribution in [1.29, 1.82) is 0 Å². The van der Waals surface area contributed by atoms with Crippen LogP contribution in [-0.4, -0.2) is 27.3 Å². The molecule has 8 heteroatoms. The van der Waals surface area contributed by atoms with Gasteiger partial charge in [0.1, 0.15) is 0 Å². The molecule has 0 N–H and O–H groups in total. The Hall–Kier alpha value is -0.850. The number of hydrogen-bond donors (Lipinski definition) is 0. The SMILES string of the molecule is CCOC(OCC)(OS(=O)(=O)c1ccc(C)cc1)P=O. The van der Waals surface area contributed by atoms with E-state index in [0.717, 1.165) is 5.56 Å². The summed E-state index contributed by atoms with van der Waals surface area (Å²) in [6.45, 7) is 5.22. The Morgan fingerprint density at radius 2 is 1.60 bits per heavy atom. The summed E-state index contributed by atoms with van der Waals surface area (Å²) in [5.74, 6) is 0. The summed E-state index contributed by atoms with van der Waals surface area (Å²) in [6.07, 6.45) is 0. The molecule has 0 spiro atoms. The number of rotatable bonds is 8. The van der Waals surface area contributed by atoms with Crippen LogP contribution in [0.3, 0.4) is 0 Å². The van der Waals surface area contributed by atoms with Crippen molar-refractivity contribution in [3.05, 3.63) is 29.8 Å².